The van der Waals surface area contributed by atoms with Crippen molar-refractivity contribution in [3.05, 3.63) is 34.5 Å². The molecule has 1 aliphatic carbocycles. The van der Waals surface area contributed by atoms with Gasteiger partial charge in [0.05, 0.1) is 11.4 Å². The average molecular weight is 341 g/mol. The van der Waals surface area contributed by atoms with Crippen molar-refractivity contribution in [1.29, 1.82) is 0 Å². The van der Waals surface area contributed by atoms with E-state index in [1.54, 1.807) is 0 Å². The molecule has 0 spiro atoms. The molecular weight excluding hydrogens is 322 g/mol. The highest BCUT2D eigenvalue weighted by Gasteiger charge is 2.23. The fraction of sp³-hybridized carbons (Fsp3) is 0.389. The molecule has 0 radical (unpaired) electrons. The van der Waals surface area contributed by atoms with Crippen LogP contribution in [0.1, 0.15) is 29.1 Å². The quantitative estimate of drug-likeness (QED) is 0.778. The molecule has 0 fully saturated rings. The van der Waals surface area contributed by atoms with E-state index in [1.807, 2.05) is 29.5 Å². The number of rotatable bonds is 2. The van der Waals surface area contributed by atoms with E-state index in [0.29, 0.717) is 19.8 Å². The molecule has 5 nitrogen and oxygen atoms in total. The van der Waals surface area contributed by atoms with E-state index in [0.717, 1.165) is 39.8 Å². The van der Waals surface area contributed by atoms with Gasteiger partial charge in [-0.25, -0.2) is 4.98 Å². The zero-order chi connectivity index (χ0) is 16.1. The summed E-state index contributed by atoms with van der Waals surface area (Å²) in [5.41, 5.74) is 10.6. The van der Waals surface area contributed by atoms with Gasteiger partial charge in [-0.3, -0.25) is 4.40 Å². The second-order valence-electron chi connectivity index (χ2n) is 6.27. The molecule has 3 aromatic rings. The van der Waals surface area contributed by atoms with Crippen molar-refractivity contribution in [3.8, 4) is 22.8 Å². The molecule has 5 rings (SSSR count). The molecule has 2 aliphatic rings. The minimum atomic E-state index is 0.480. The highest BCUT2D eigenvalue weighted by Crippen LogP contribution is 2.38. The highest BCUT2D eigenvalue weighted by atomic mass is 32.1. The maximum atomic E-state index is 6.12. The van der Waals surface area contributed by atoms with Crippen molar-refractivity contribution in [1.82, 2.24) is 9.38 Å². The topological polar surface area (TPSA) is 61.8 Å². The van der Waals surface area contributed by atoms with Gasteiger partial charge >= 0.3 is 0 Å². The van der Waals surface area contributed by atoms with Crippen LogP contribution >= 0.6 is 11.3 Å². The van der Waals surface area contributed by atoms with Crippen LogP contribution in [-0.2, 0) is 19.4 Å². The third kappa shape index (κ3) is 2.06. The van der Waals surface area contributed by atoms with Crippen LogP contribution in [0.3, 0.4) is 0 Å². The predicted octanol–water partition coefficient (Wildman–Crippen LogP) is 3.17. The van der Waals surface area contributed by atoms with Crippen molar-refractivity contribution in [2.45, 2.75) is 32.2 Å². The first-order chi connectivity index (χ1) is 11.8. The lowest BCUT2D eigenvalue weighted by Gasteiger charge is -2.18. The van der Waals surface area contributed by atoms with Crippen LogP contribution in [0.15, 0.2) is 18.2 Å². The smallest absolute Gasteiger partial charge is 0.194 e. The van der Waals surface area contributed by atoms with E-state index < -0.39 is 0 Å². The van der Waals surface area contributed by atoms with Crippen LogP contribution in [0.25, 0.3) is 16.2 Å². The molecule has 1 aliphatic heterocycles. The van der Waals surface area contributed by atoms with Crippen molar-refractivity contribution in [3.63, 3.8) is 0 Å². The van der Waals surface area contributed by atoms with E-state index in [1.165, 1.54) is 29.8 Å². The van der Waals surface area contributed by atoms with Gasteiger partial charge in [-0.15, -0.1) is 11.3 Å². The van der Waals surface area contributed by atoms with Crippen molar-refractivity contribution >= 4 is 16.3 Å². The fourth-order valence-electron chi connectivity index (χ4n) is 3.71. The SMILES string of the molecule is NCc1c(-c2ccc3c(c2)OCCO3)nc2sc3c(n12)CCCC3. The van der Waals surface area contributed by atoms with Crippen molar-refractivity contribution in [2.75, 3.05) is 13.2 Å². The molecule has 3 heterocycles. The highest BCUT2D eigenvalue weighted by molar-refractivity contribution is 7.17. The minimum Gasteiger partial charge on any atom is -0.486 e. The first kappa shape index (κ1) is 14.3. The van der Waals surface area contributed by atoms with E-state index in [-0.39, 0.29) is 0 Å². The van der Waals surface area contributed by atoms with Gasteiger partial charge in [0.1, 0.15) is 13.2 Å². The third-order valence-corrected chi connectivity index (χ3v) is 5.97. The Hall–Kier alpha value is -2.05. The van der Waals surface area contributed by atoms with Gasteiger partial charge in [-0.2, -0.15) is 0 Å². The van der Waals surface area contributed by atoms with Crippen LogP contribution in [0, 0.1) is 0 Å². The summed E-state index contributed by atoms with van der Waals surface area (Å²) < 4.78 is 13.6. The maximum Gasteiger partial charge on any atom is 0.194 e. The summed E-state index contributed by atoms with van der Waals surface area (Å²) in [6.45, 7) is 1.67. The first-order valence-electron chi connectivity index (χ1n) is 8.47. The number of nitrogens with two attached hydrogens (primary N) is 1. The second kappa shape index (κ2) is 5.50. The summed E-state index contributed by atoms with van der Waals surface area (Å²) in [5.74, 6) is 1.60. The van der Waals surface area contributed by atoms with Gasteiger partial charge < -0.3 is 15.2 Å². The normalized spacial score (nSPS) is 16.4. The number of fused-ring (bicyclic) bond motifs is 4. The Balaban J connectivity index is 1.68. The summed E-state index contributed by atoms with van der Waals surface area (Å²) in [5, 5.41) is 0. The minimum absolute atomic E-state index is 0.480. The number of benzene rings is 1. The Labute approximate surface area is 144 Å². The summed E-state index contributed by atoms with van der Waals surface area (Å²) in [7, 11) is 0. The lowest BCUT2D eigenvalue weighted by molar-refractivity contribution is 0.171. The summed E-state index contributed by atoms with van der Waals surface area (Å²) in [6.07, 6.45) is 4.83. The van der Waals surface area contributed by atoms with Gasteiger partial charge in [0.15, 0.2) is 16.5 Å². The summed E-state index contributed by atoms with van der Waals surface area (Å²) in [4.78, 5) is 7.45. The largest absolute Gasteiger partial charge is 0.486 e. The maximum absolute atomic E-state index is 6.12. The van der Waals surface area contributed by atoms with Crippen molar-refractivity contribution in [2.24, 2.45) is 5.73 Å². The number of aromatic nitrogens is 2. The Morgan fingerprint density at radius 2 is 1.96 bits per heavy atom. The molecule has 0 saturated carbocycles. The van der Waals surface area contributed by atoms with E-state index in [9.17, 15) is 0 Å². The Morgan fingerprint density at radius 3 is 2.83 bits per heavy atom. The number of thiazole rings is 1. The predicted molar refractivity (Wildman–Crippen MR) is 94.0 cm³/mol. The lowest BCUT2D eigenvalue weighted by atomic mass is 10.0. The number of nitrogens with zero attached hydrogens (tertiary/aromatic N) is 2. The zero-order valence-corrected chi connectivity index (χ0v) is 14.2. The van der Waals surface area contributed by atoms with Gasteiger partial charge in [-0.05, 0) is 43.9 Å². The molecule has 2 N–H and O–H groups in total. The first-order valence-corrected chi connectivity index (χ1v) is 9.29. The zero-order valence-electron chi connectivity index (χ0n) is 13.4. The summed E-state index contributed by atoms with van der Waals surface area (Å²) >= 11 is 1.81. The number of imidazole rings is 1. The van der Waals surface area contributed by atoms with E-state index >= 15 is 0 Å². The van der Waals surface area contributed by atoms with Gasteiger partial charge in [0.25, 0.3) is 0 Å². The van der Waals surface area contributed by atoms with E-state index in [4.69, 9.17) is 20.2 Å². The van der Waals surface area contributed by atoms with Crippen LogP contribution in [0.5, 0.6) is 11.5 Å². The van der Waals surface area contributed by atoms with Crippen LogP contribution in [0.4, 0.5) is 0 Å². The number of hydrogen-bond acceptors (Lipinski definition) is 5. The molecule has 0 unspecified atom stereocenters. The molecule has 0 bridgehead atoms. The molecule has 124 valence electrons. The summed E-state index contributed by atoms with van der Waals surface area (Å²) in [6, 6.07) is 6.03. The van der Waals surface area contributed by atoms with Crippen molar-refractivity contribution < 1.29 is 9.47 Å². The molecule has 2 aromatic heterocycles. The van der Waals surface area contributed by atoms with Crippen LogP contribution in [-0.4, -0.2) is 22.6 Å². The second-order valence-corrected chi connectivity index (χ2v) is 7.33. The number of aryl methyl sites for hydroxylation is 2. The van der Waals surface area contributed by atoms with Crippen LogP contribution < -0.4 is 15.2 Å². The Bertz CT molecular complexity index is 928. The molecular formula is C18H19N3O2S. The Kier molecular flexibility index (Phi) is 3.28. The standard InChI is InChI=1S/C18H19N3O2S/c19-10-13-17(11-5-6-14-15(9-11)23-8-7-22-14)20-18-21(13)12-3-1-2-4-16(12)24-18/h5-6,9H,1-4,7-8,10,19H2. The van der Waals surface area contributed by atoms with Gasteiger partial charge in [0, 0.05) is 22.7 Å². The van der Waals surface area contributed by atoms with Gasteiger partial charge in [-0.1, -0.05) is 0 Å². The van der Waals surface area contributed by atoms with Crippen LogP contribution in [0.2, 0.25) is 0 Å². The molecule has 0 amide bonds. The lowest BCUT2D eigenvalue weighted by Crippen LogP contribution is -2.15. The molecule has 0 atom stereocenters. The molecule has 1 aromatic carbocycles. The molecule has 24 heavy (non-hydrogen) atoms. The number of ether oxygens (including phenoxy) is 2. The Morgan fingerprint density at radius 1 is 1.12 bits per heavy atom. The third-order valence-electron chi connectivity index (χ3n) is 4.82. The fourth-order valence-corrected chi connectivity index (χ4v) is 4.93. The van der Waals surface area contributed by atoms with Gasteiger partial charge in [0.2, 0.25) is 0 Å². The monoisotopic (exact) mass is 341 g/mol. The molecule has 6 heteroatoms. The van der Waals surface area contributed by atoms with E-state index in [2.05, 4.69) is 4.40 Å². The average Bonchev–Trinajstić information content (AvgIpc) is 3.17. The molecule has 0 saturated heterocycles. The number of hydrogen-bond donors (Lipinski definition) is 1.